The summed E-state index contributed by atoms with van der Waals surface area (Å²) in [7, 11) is 0. The summed E-state index contributed by atoms with van der Waals surface area (Å²) < 4.78 is 0. The normalized spacial score (nSPS) is 18.9. The Kier molecular flexibility index (Phi) is 4.09. The molecule has 88 valence electrons. The summed E-state index contributed by atoms with van der Waals surface area (Å²) in [6, 6.07) is 5.98. The van der Waals surface area contributed by atoms with E-state index in [1.165, 1.54) is 0 Å². The van der Waals surface area contributed by atoms with E-state index in [9.17, 15) is 0 Å². The molecule has 4 heteroatoms. The molecule has 2 rings (SSSR count). The van der Waals surface area contributed by atoms with Crippen molar-refractivity contribution in [1.29, 1.82) is 0 Å². The largest absolute Gasteiger partial charge is 0.328 e. The maximum absolute atomic E-state index is 6.13. The minimum Gasteiger partial charge on any atom is -0.328 e. The van der Waals surface area contributed by atoms with Crippen molar-refractivity contribution in [3.8, 4) is 0 Å². The molecule has 1 aromatic carbocycles. The van der Waals surface area contributed by atoms with Crippen molar-refractivity contribution in [1.82, 2.24) is 4.90 Å². The van der Waals surface area contributed by atoms with E-state index in [0.29, 0.717) is 6.04 Å². The smallest absolute Gasteiger partial charge is 0.0452 e. The summed E-state index contributed by atoms with van der Waals surface area (Å²) >= 11 is 12.1. The molecule has 0 atom stereocenters. The van der Waals surface area contributed by atoms with Crippen molar-refractivity contribution in [3.05, 3.63) is 33.8 Å². The highest BCUT2D eigenvalue weighted by molar-refractivity contribution is 6.33. The summed E-state index contributed by atoms with van der Waals surface area (Å²) in [4.78, 5) is 2.38. The molecule has 1 aliphatic rings. The molecule has 1 heterocycles. The van der Waals surface area contributed by atoms with Crippen LogP contribution in [-0.4, -0.2) is 24.0 Å². The fourth-order valence-electron chi connectivity index (χ4n) is 2.02. The molecule has 1 saturated heterocycles. The van der Waals surface area contributed by atoms with E-state index in [1.54, 1.807) is 0 Å². The summed E-state index contributed by atoms with van der Waals surface area (Å²) in [5, 5.41) is 1.53. The molecular formula is C12H16Cl2N2. The van der Waals surface area contributed by atoms with Gasteiger partial charge in [-0.3, -0.25) is 4.90 Å². The van der Waals surface area contributed by atoms with E-state index in [4.69, 9.17) is 28.9 Å². The summed E-state index contributed by atoms with van der Waals surface area (Å²) in [6.07, 6.45) is 2.14. The maximum Gasteiger partial charge on any atom is 0.0452 e. The van der Waals surface area contributed by atoms with Gasteiger partial charge in [0, 0.05) is 22.6 Å². The minimum absolute atomic E-state index is 0.367. The van der Waals surface area contributed by atoms with Gasteiger partial charge in [-0.1, -0.05) is 23.2 Å². The van der Waals surface area contributed by atoms with Crippen molar-refractivity contribution in [2.24, 2.45) is 5.73 Å². The third kappa shape index (κ3) is 3.11. The zero-order valence-electron chi connectivity index (χ0n) is 9.13. The van der Waals surface area contributed by atoms with Gasteiger partial charge in [0.1, 0.15) is 0 Å². The topological polar surface area (TPSA) is 29.3 Å². The van der Waals surface area contributed by atoms with Gasteiger partial charge in [0.15, 0.2) is 0 Å². The minimum atomic E-state index is 0.367. The molecular weight excluding hydrogens is 243 g/mol. The Morgan fingerprint density at radius 3 is 2.62 bits per heavy atom. The van der Waals surface area contributed by atoms with Crippen LogP contribution in [0.4, 0.5) is 0 Å². The van der Waals surface area contributed by atoms with Crippen molar-refractivity contribution >= 4 is 23.2 Å². The van der Waals surface area contributed by atoms with Crippen LogP contribution in [0, 0.1) is 0 Å². The number of halogens is 2. The number of nitrogens with zero attached hydrogens (tertiary/aromatic N) is 1. The third-order valence-electron chi connectivity index (χ3n) is 3.03. The van der Waals surface area contributed by atoms with Crippen LogP contribution in [0.1, 0.15) is 18.4 Å². The first-order chi connectivity index (χ1) is 7.65. The summed E-state index contributed by atoms with van der Waals surface area (Å²) in [5.74, 6) is 0. The van der Waals surface area contributed by atoms with Crippen LogP contribution in [0.3, 0.4) is 0 Å². The molecule has 16 heavy (non-hydrogen) atoms. The van der Waals surface area contributed by atoms with Gasteiger partial charge in [-0.05, 0) is 49.7 Å². The second kappa shape index (κ2) is 5.37. The highest BCUT2D eigenvalue weighted by atomic mass is 35.5. The molecule has 0 aromatic heterocycles. The first-order valence-electron chi connectivity index (χ1n) is 5.57. The fraction of sp³-hybridized carbons (Fsp3) is 0.500. The molecule has 0 spiro atoms. The monoisotopic (exact) mass is 258 g/mol. The Morgan fingerprint density at radius 1 is 1.25 bits per heavy atom. The molecule has 0 saturated carbocycles. The molecule has 2 nitrogen and oxygen atoms in total. The number of nitrogens with two attached hydrogens (primary N) is 1. The quantitative estimate of drug-likeness (QED) is 0.884. The SMILES string of the molecule is NC1CCN(Cc2cc(Cl)ccc2Cl)CC1. The Labute approximate surface area is 106 Å². The standard InChI is InChI=1S/C12H16Cl2N2/c13-10-1-2-12(14)9(7-10)8-16-5-3-11(15)4-6-16/h1-2,7,11H,3-6,8,15H2. The average molecular weight is 259 g/mol. The van der Waals surface area contributed by atoms with Gasteiger partial charge in [-0.15, -0.1) is 0 Å². The Hall–Kier alpha value is -0.280. The van der Waals surface area contributed by atoms with Gasteiger partial charge in [0.2, 0.25) is 0 Å². The van der Waals surface area contributed by atoms with Crippen LogP contribution >= 0.6 is 23.2 Å². The molecule has 1 fully saturated rings. The van der Waals surface area contributed by atoms with Crippen LogP contribution in [0.25, 0.3) is 0 Å². The number of likely N-dealkylation sites (tertiary alicyclic amines) is 1. The van der Waals surface area contributed by atoms with E-state index in [0.717, 1.165) is 48.1 Å². The van der Waals surface area contributed by atoms with E-state index in [-0.39, 0.29) is 0 Å². The van der Waals surface area contributed by atoms with Crippen molar-refractivity contribution in [2.45, 2.75) is 25.4 Å². The number of rotatable bonds is 2. The molecule has 1 aromatic rings. The number of benzene rings is 1. The molecule has 0 unspecified atom stereocenters. The van der Waals surface area contributed by atoms with Crippen LogP contribution in [-0.2, 0) is 6.54 Å². The van der Waals surface area contributed by atoms with Gasteiger partial charge < -0.3 is 5.73 Å². The highest BCUT2D eigenvalue weighted by Gasteiger charge is 2.16. The van der Waals surface area contributed by atoms with Gasteiger partial charge >= 0.3 is 0 Å². The predicted octanol–water partition coefficient (Wildman–Crippen LogP) is 2.92. The third-order valence-corrected chi connectivity index (χ3v) is 3.64. The number of hydrogen-bond donors (Lipinski definition) is 1. The van der Waals surface area contributed by atoms with E-state index in [2.05, 4.69) is 4.90 Å². The van der Waals surface area contributed by atoms with E-state index >= 15 is 0 Å². The Balaban J connectivity index is 2.00. The van der Waals surface area contributed by atoms with Crippen molar-refractivity contribution in [2.75, 3.05) is 13.1 Å². The lowest BCUT2D eigenvalue weighted by atomic mass is 10.1. The van der Waals surface area contributed by atoms with Gasteiger partial charge in [0.25, 0.3) is 0 Å². The Morgan fingerprint density at radius 2 is 1.94 bits per heavy atom. The maximum atomic E-state index is 6.13. The van der Waals surface area contributed by atoms with E-state index in [1.807, 2.05) is 18.2 Å². The molecule has 2 N–H and O–H groups in total. The molecule has 0 bridgehead atoms. The van der Waals surface area contributed by atoms with Crippen molar-refractivity contribution in [3.63, 3.8) is 0 Å². The van der Waals surface area contributed by atoms with Crippen LogP contribution < -0.4 is 5.73 Å². The second-order valence-corrected chi connectivity index (χ2v) is 5.19. The lowest BCUT2D eigenvalue weighted by molar-refractivity contribution is 0.205. The van der Waals surface area contributed by atoms with Gasteiger partial charge in [-0.2, -0.15) is 0 Å². The van der Waals surface area contributed by atoms with Crippen LogP contribution in [0.15, 0.2) is 18.2 Å². The first kappa shape index (κ1) is 12.2. The molecule has 0 aliphatic carbocycles. The number of hydrogen-bond acceptors (Lipinski definition) is 2. The van der Waals surface area contributed by atoms with Crippen LogP contribution in [0.2, 0.25) is 10.0 Å². The summed E-state index contributed by atoms with van der Waals surface area (Å²) in [5.41, 5.74) is 6.97. The fourth-order valence-corrected chi connectivity index (χ4v) is 2.39. The zero-order valence-corrected chi connectivity index (χ0v) is 10.6. The highest BCUT2D eigenvalue weighted by Crippen LogP contribution is 2.23. The lowest BCUT2D eigenvalue weighted by Crippen LogP contribution is -2.39. The summed E-state index contributed by atoms with van der Waals surface area (Å²) in [6.45, 7) is 2.96. The molecule has 0 radical (unpaired) electrons. The lowest BCUT2D eigenvalue weighted by Gasteiger charge is -2.30. The second-order valence-electron chi connectivity index (χ2n) is 4.35. The molecule has 0 amide bonds. The number of piperidine rings is 1. The molecule has 1 aliphatic heterocycles. The first-order valence-corrected chi connectivity index (χ1v) is 6.32. The zero-order chi connectivity index (χ0) is 11.5. The van der Waals surface area contributed by atoms with Gasteiger partial charge in [-0.25, -0.2) is 0 Å². The van der Waals surface area contributed by atoms with E-state index < -0.39 is 0 Å². The Bertz CT molecular complexity index is 360. The predicted molar refractivity (Wildman–Crippen MR) is 68.9 cm³/mol. The van der Waals surface area contributed by atoms with Gasteiger partial charge in [0.05, 0.1) is 0 Å². The van der Waals surface area contributed by atoms with Crippen LogP contribution in [0.5, 0.6) is 0 Å². The average Bonchev–Trinajstić information content (AvgIpc) is 2.27. The van der Waals surface area contributed by atoms with Crippen molar-refractivity contribution < 1.29 is 0 Å².